The lowest BCUT2D eigenvalue weighted by atomic mass is 9.96. The number of piperidine rings is 1. The summed E-state index contributed by atoms with van der Waals surface area (Å²) in [4.78, 5) is 5.27. The van der Waals surface area contributed by atoms with Gasteiger partial charge in [-0.1, -0.05) is 30.3 Å². The van der Waals surface area contributed by atoms with E-state index in [-0.39, 0.29) is 12.4 Å². The Kier molecular flexibility index (Phi) is 9.21. The SMILES string of the molecule is CC(CN1CCOCC1)N(Cc1ccccc1)CC1CCNCC1.Cl. The molecular weight excluding hydrogens is 334 g/mol. The van der Waals surface area contributed by atoms with E-state index in [1.807, 2.05) is 0 Å². The van der Waals surface area contributed by atoms with Crippen molar-refractivity contribution >= 4 is 12.4 Å². The molecule has 2 aliphatic heterocycles. The van der Waals surface area contributed by atoms with E-state index in [2.05, 4.69) is 52.4 Å². The number of hydrogen-bond donors (Lipinski definition) is 1. The van der Waals surface area contributed by atoms with Crippen LogP contribution >= 0.6 is 12.4 Å². The van der Waals surface area contributed by atoms with Gasteiger partial charge in [-0.25, -0.2) is 0 Å². The topological polar surface area (TPSA) is 27.7 Å². The van der Waals surface area contributed by atoms with Crippen molar-refractivity contribution in [2.45, 2.75) is 32.4 Å². The molecule has 1 aromatic carbocycles. The summed E-state index contributed by atoms with van der Waals surface area (Å²) in [6, 6.07) is 11.5. The van der Waals surface area contributed by atoms with Gasteiger partial charge in [-0.3, -0.25) is 9.80 Å². The second-order valence-electron chi connectivity index (χ2n) is 7.37. The molecule has 0 aromatic heterocycles. The largest absolute Gasteiger partial charge is 0.379 e. The zero-order valence-corrected chi connectivity index (χ0v) is 16.3. The summed E-state index contributed by atoms with van der Waals surface area (Å²) in [5.41, 5.74) is 1.43. The van der Waals surface area contributed by atoms with Gasteiger partial charge in [0.05, 0.1) is 13.2 Å². The van der Waals surface area contributed by atoms with Crippen molar-refractivity contribution in [2.24, 2.45) is 5.92 Å². The van der Waals surface area contributed by atoms with Crippen LogP contribution in [0.1, 0.15) is 25.3 Å². The Labute approximate surface area is 159 Å². The predicted molar refractivity (Wildman–Crippen MR) is 106 cm³/mol. The van der Waals surface area contributed by atoms with Crippen LogP contribution < -0.4 is 5.32 Å². The van der Waals surface area contributed by atoms with Crippen molar-refractivity contribution in [2.75, 3.05) is 52.5 Å². The smallest absolute Gasteiger partial charge is 0.0594 e. The molecule has 1 aromatic rings. The van der Waals surface area contributed by atoms with Gasteiger partial charge >= 0.3 is 0 Å². The first-order valence-electron chi connectivity index (χ1n) is 9.60. The lowest BCUT2D eigenvalue weighted by molar-refractivity contribution is 0.0211. The lowest BCUT2D eigenvalue weighted by Gasteiger charge is -2.37. The number of nitrogens with zero attached hydrogens (tertiary/aromatic N) is 2. The lowest BCUT2D eigenvalue weighted by Crippen LogP contribution is -2.47. The van der Waals surface area contributed by atoms with Crippen molar-refractivity contribution < 1.29 is 4.74 Å². The third-order valence-corrected chi connectivity index (χ3v) is 5.43. The number of hydrogen-bond acceptors (Lipinski definition) is 4. The predicted octanol–water partition coefficient (Wildman–Crippen LogP) is 2.63. The fourth-order valence-electron chi connectivity index (χ4n) is 3.89. The van der Waals surface area contributed by atoms with Gasteiger partial charge in [-0.15, -0.1) is 12.4 Å². The summed E-state index contributed by atoms with van der Waals surface area (Å²) in [5.74, 6) is 0.835. The summed E-state index contributed by atoms with van der Waals surface area (Å²) < 4.78 is 5.50. The number of benzene rings is 1. The maximum Gasteiger partial charge on any atom is 0.0594 e. The molecule has 4 nitrogen and oxygen atoms in total. The molecule has 0 bridgehead atoms. The van der Waals surface area contributed by atoms with E-state index >= 15 is 0 Å². The Morgan fingerprint density at radius 1 is 1.16 bits per heavy atom. The van der Waals surface area contributed by atoms with Crippen molar-refractivity contribution in [1.29, 1.82) is 0 Å². The van der Waals surface area contributed by atoms with Gasteiger partial charge in [0, 0.05) is 38.8 Å². The fourth-order valence-corrected chi connectivity index (χ4v) is 3.89. The van der Waals surface area contributed by atoms with Gasteiger partial charge in [-0.2, -0.15) is 0 Å². The van der Waals surface area contributed by atoms with Crippen LogP contribution in [0.2, 0.25) is 0 Å². The minimum absolute atomic E-state index is 0. The second kappa shape index (κ2) is 11.1. The number of morpholine rings is 1. The van der Waals surface area contributed by atoms with E-state index in [4.69, 9.17) is 4.74 Å². The quantitative estimate of drug-likeness (QED) is 0.801. The molecule has 2 saturated heterocycles. The maximum atomic E-state index is 5.50. The first-order chi connectivity index (χ1) is 11.8. The zero-order chi connectivity index (χ0) is 16.6. The van der Waals surface area contributed by atoms with Crippen LogP contribution in [0.4, 0.5) is 0 Å². The van der Waals surface area contributed by atoms with E-state index in [9.17, 15) is 0 Å². The molecule has 0 aliphatic carbocycles. The second-order valence-corrected chi connectivity index (χ2v) is 7.37. The Bertz CT molecular complexity index is 461. The third kappa shape index (κ3) is 6.87. The van der Waals surface area contributed by atoms with Crippen molar-refractivity contribution in [3.05, 3.63) is 35.9 Å². The summed E-state index contributed by atoms with van der Waals surface area (Å²) in [5, 5.41) is 3.49. The Morgan fingerprint density at radius 2 is 1.84 bits per heavy atom. The van der Waals surface area contributed by atoms with Gasteiger partial charge in [0.1, 0.15) is 0 Å². The minimum Gasteiger partial charge on any atom is -0.379 e. The number of halogens is 1. The fraction of sp³-hybridized carbons (Fsp3) is 0.700. The average Bonchev–Trinajstić information content (AvgIpc) is 2.64. The highest BCUT2D eigenvalue weighted by atomic mass is 35.5. The van der Waals surface area contributed by atoms with Gasteiger partial charge < -0.3 is 10.1 Å². The first kappa shape index (κ1) is 20.7. The minimum atomic E-state index is 0. The molecule has 2 heterocycles. The van der Waals surface area contributed by atoms with Crippen LogP contribution in [0.25, 0.3) is 0 Å². The summed E-state index contributed by atoms with van der Waals surface area (Å²) in [6.45, 7) is 12.1. The molecule has 0 saturated carbocycles. The van der Waals surface area contributed by atoms with Crippen molar-refractivity contribution in [3.8, 4) is 0 Å². The van der Waals surface area contributed by atoms with Gasteiger partial charge in [0.2, 0.25) is 0 Å². The molecule has 1 unspecified atom stereocenters. The van der Waals surface area contributed by atoms with Crippen LogP contribution in [-0.4, -0.2) is 68.3 Å². The van der Waals surface area contributed by atoms with Gasteiger partial charge in [-0.05, 0) is 44.3 Å². The highest BCUT2D eigenvalue weighted by Crippen LogP contribution is 2.18. The molecular formula is C20H34ClN3O. The van der Waals surface area contributed by atoms with Crippen LogP contribution in [0.3, 0.4) is 0 Å². The molecule has 0 radical (unpaired) electrons. The Balaban J connectivity index is 0.00000225. The average molecular weight is 368 g/mol. The van der Waals surface area contributed by atoms with Crippen LogP contribution in [0, 0.1) is 5.92 Å². The van der Waals surface area contributed by atoms with E-state index in [0.29, 0.717) is 6.04 Å². The molecule has 25 heavy (non-hydrogen) atoms. The molecule has 0 spiro atoms. The highest BCUT2D eigenvalue weighted by Gasteiger charge is 2.23. The van der Waals surface area contributed by atoms with E-state index < -0.39 is 0 Å². The van der Waals surface area contributed by atoms with E-state index in [1.165, 1.54) is 38.0 Å². The molecule has 2 aliphatic rings. The van der Waals surface area contributed by atoms with Crippen molar-refractivity contribution in [3.63, 3.8) is 0 Å². The molecule has 1 N–H and O–H groups in total. The van der Waals surface area contributed by atoms with Crippen LogP contribution in [0.5, 0.6) is 0 Å². The molecule has 3 rings (SSSR count). The van der Waals surface area contributed by atoms with Gasteiger partial charge in [0.25, 0.3) is 0 Å². The molecule has 142 valence electrons. The first-order valence-corrected chi connectivity index (χ1v) is 9.60. The molecule has 0 amide bonds. The van der Waals surface area contributed by atoms with Crippen molar-refractivity contribution in [1.82, 2.24) is 15.1 Å². The summed E-state index contributed by atoms with van der Waals surface area (Å²) in [6.07, 6.45) is 2.63. The number of nitrogens with one attached hydrogen (secondary N) is 1. The number of ether oxygens (including phenoxy) is 1. The monoisotopic (exact) mass is 367 g/mol. The van der Waals surface area contributed by atoms with Crippen LogP contribution in [0.15, 0.2) is 30.3 Å². The van der Waals surface area contributed by atoms with E-state index in [1.54, 1.807) is 0 Å². The Morgan fingerprint density at radius 3 is 2.52 bits per heavy atom. The standard InChI is InChI=1S/C20H33N3O.ClH/c1-18(15-22-11-13-24-14-12-22)23(16-19-5-3-2-4-6-19)17-20-7-9-21-10-8-20;/h2-6,18,20-21H,7-17H2,1H3;1H. The Hall–Kier alpha value is -0.650. The molecule has 5 heteroatoms. The van der Waals surface area contributed by atoms with E-state index in [0.717, 1.165) is 45.3 Å². The molecule has 2 fully saturated rings. The summed E-state index contributed by atoms with van der Waals surface area (Å²) in [7, 11) is 0. The van der Waals surface area contributed by atoms with Gasteiger partial charge in [0.15, 0.2) is 0 Å². The van der Waals surface area contributed by atoms with Crippen LogP contribution in [-0.2, 0) is 11.3 Å². The highest BCUT2D eigenvalue weighted by molar-refractivity contribution is 5.85. The zero-order valence-electron chi connectivity index (χ0n) is 15.5. The summed E-state index contributed by atoms with van der Waals surface area (Å²) >= 11 is 0. The number of rotatable bonds is 7. The molecule has 1 atom stereocenters. The third-order valence-electron chi connectivity index (χ3n) is 5.43. The normalized spacial score (nSPS) is 21.0. The maximum absolute atomic E-state index is 5.50.